The topological polar surface area (TPSA) is 96.4 Å². The van der Waals surface area contributed by atoms with Crippen molar-refractivity contribution >= 4 is 27.4 Å². The Kier molecular flexibility index (Phi) is 6.00. The number of rotatable bonds is 7. The van der Waals surface area contributed by atoms with E-state index in [2.05, 4.69) is 10.3 Å². The molecule has 0 radical (unpaired) electrons. The quantitative estimate of drug-likeness (QED) is 0.757. The van der Waals surface area contributed by atoms with Crippen molar-refractivity contribution in [2.45, 2.75) is 13.5 Å². The number of carbonyl (C=O) groups is 2. The highest BCUT2D eigenvalue weighted by molar-refractivity contribution is 7.88. The fourth-order valence-electron chi connectivity index (χ4n) is 2.16. The summed E-state index contributed by atoms with van der Waals surface area (Å²) >= 11 is 0. The van der Waals surface area contributed by atoms with Gasteiger partial charge < -0.3 is 5.32 Å². The summed E-state index contributed by atoms with van der Waals surface area (Å²) in [6.07, 6.45) is 4.18. The molecule has 132 valence electrons. The van der Waals surface area contributed by atoms with E-state index >= 15 is 0 Å². The fourth-order valence-corrected chi connectivity index (χ4v) is 2.90. The Bertz CT molecular complexity index is 866. The van der Waals surface area contributed by atoms with Gasteiger partial charge in [-0.15, -0.1) is 0 Å². The molecule has 1 amide bonds. The van der Waals surface area contributed by atoms with Crippen molar-refractivity contribution in [3.05, 3.63) is 59.9 Å². The number of Topliss-reactive ketones (excluding diaryl/α,β-unsaturated/α-hetero) is 1. The SMILES string of the molecule is CC(=O)c1cccc(NC(=O)CN(Cc2cccnc2)S(C)(=O)=O)c1. The number of nitrogens with zero attached hydrogens (tertiary/aromatic N) is 2. The molecule has 0 saturated carbocycles. The molecular formula is C17H19N3O4S. The molecule has 2 rings (SSSR count). The van der Waals surface area contributed by atoms with Crippen molar-refractivity contribution < 1.29 is 18.0 Å². The highest BCUT2D eigenvalue weighted by Gasteiger charge is 2.20. The van der Waals surface area contributed by atoms with Crippen LogP contribution in [0.3, 0.4) is 0 Å². The first-order chi connectivity index (χ1) is 11.8. The molecule has 2 aromatic rings. The molecule has 0 aliphatic heterocycles. The Balaban J connectivity index is 2.09. The van der Waals surface area contributed by atoms with Gasteiger partial charge in [0.15, 0.2) is 5.78 Å². The van der Waals surface area contributed by atoms with E-state index < -0.39 is 15.9 Å². The maximum atomic E-state index is 12.2. The smallest absolute Gasteiger partial charge is 0.239 e. The van der Waals surface area contributed by atoms with Crippen molar-refractivity contribution in [2.24, 2.45) is 0 Å². The second-order valence-electron chi connectivity index (χ2n) is 5.58. The predicted molar refractivity (Wildman–Crippen MR) is 94.6 cm³/mol. The van der Waals surface area contributed by atoms with Crippen LogP contribution < -0.4 is 5.32 Å². The predicted octanol–water partition coefficient (Wildman–Crippen LogP) is 1.68. The molecule has 0 bridgehead atoms. The van der Waals surface area contributed by atoms with Gasteiger partial charge in [-0.25, -0.2) is 8.42 Å². The Morgan fingerprint density at radius 3 is 2.56 bits per heavy atom. The minimum absolute atomic E-state index is 0.0492. The Morgan fingerprint density at radius 1 is 1.20 bits per heavy atom. The summed E-state index contributed by atoms with van der Waals surface area (Å²) in [6, 6.07) is 9.91. The monoisotopic (exact) mass is 361 g/mol. The van der Waals surface area contributed by atoms with Gasteiger partial charge in [0.05, 0.1) is 12.8 Å². The number of amides is 1. The Hall–Kier alpha value is -2.58. The molecule has 0 atom stereocenters. The first-order valence-corrected chi connectivity index (χ1v) is 9.35. The molecule has 0 unspecified atom stereocenters. The zero-order chi connectivity index (χ0) is 18.4. The van der Waals surface area contributed by atoms with E-state index in [0.717, 1.165) is 10.6 Å². The zero-order valence-corrected chi connectivity index (χ0v) is 14.8. The molecule has 1 N–H and O–H groups in total. The maximum Gasteiger partial charge on any atom is 0.239 e. The number of pyridine rings is 1. The first-order valence-electron chi connectivity index (χ1n) is 7.50. The first kappa shape index (κ1) is 18.8. The van der Waals surface area contributed by atoms with Crippen LogP contribution in [0.2, 0.25) is 0 Å². The van der Waals surface area contributed by atoms with Gasteiger partial charge in [0.25, 0.3) is 0 Å². The van der Waals surface area contributed by atoms with Crippen molar-refractivity contribution in [2.75, 3.05) is 18.1 Å². The van der Waals surface area contributed by atoms with E-state index in [0.29, 0.717) is 16.8 Å². The summed E-state index contributed by atoms with van der Waals surface area (Å²) in [4.78, 5) is 27.6. The Morgan fingerprint density at radius 2 is 1.96 bits per heavy atom. The van der Waals surface area contributed by atoms with Crippen molar-refractivity contribution in [3.63, 3.8) is 0 Å². The van der Waals surface area contributed by atoms with Gasteiger partial charge in [0, 0.05) is 30.2 Å². The summed E-state index contributed by atoms with van der Waals surface area (Å²) in [6.45, 7) is 1.14. The third-order valence-electron chi connectivity index (χ3n) is 3.42. The number of nitrogens with one attached hydrogen (secondary N) is 1. The molecule has 1 heterocycles. The lowest BCUT2D eigenvalue weighted by Gasteiger charge is -2.19. The van der Waals surface area contributed by atoms with E-state index in [-0.39, 0.29) is 18.9 Å². The lowest BCUT2D eigenvalue weighted by molar-refractivity contribution is -0.116. The Labute approximate surface area is 146 Å². The van der Waals surface area contributed by atoms with E-state index in [1.807, 2.05) is 0 Å². The van der Waals surface area contributed by atoms with Crippen LogP contribution >= 0.6 is 0 Å². The van der Waals surface area contributed by atoms with Crippen molar-refractivity contribution in [1.29, 1.82) is 0 Å². The van der Waals surface area contributed by atoms with Gasteiger partial charge in [-0.3, -0.25) is 14.6 Å². The van der Waals surface area contributed by atoms with Crippen LogP contribution in [0, 0.1) is 0 Å². The van der Waals surface area contributed by atoms with Crippen LogP contribution in [0.4, 0.5) is 5.69 Å². The summed E-state index contributed by atoms with van der Waals surface area (Å²) in [5, 5.41) is 2.61. The van der Waals surface area contributed by atoms with Crippen LogP contribution in [0.5, 0.6) is 0 Å². The van der Waals surface area contributed by atoms with Crippen LogP contribution in [0.15, 0.2) is 48.8 Å². The minimum Gasteiger partial charge on any atom is -0.325 e. The summed E-state index contributed by atoms with van der Waals surface area (Å²) in [5.74, 6) is -0.611. The lowest BCUT2D eigenvalue weighted by Crippen LogP contribution is -2.36. The average molecular weight is 361 g/mol. The number of ketones is 1. The largest absolute Gasteiger partial charge is 0.325 e. The van der Waals surface area contributed by atoms with Crippen molar-refractivity contribution in [1.82, 2.24) is 9.29 Å². The summed E-state index contributed by atoms with van der Waals surface area (Å²) in [7, 11) is -3.58. The van der Waals surface area contributed by atoms with E-state index in [1.54, 1.807) is 48.8 Å². The molecule has 25 heavy (non-hydrogen) atoms. The maximum absolute atomic E-state index is 12.2. The third-order valence-corrected chi connectivity index (χ3v) is 4.62. The van der Waals surface area contributed by atoms with Gasteiger partial charge in [-0.1, -0.05) is 18.2 Å². The summed E-state index contributed by atoms with van der Waals surface area (Å²) < 4.78 is 25.0. The molecule has 0 aliphatic rings. The van der Waals surface area contributed by atoms with E-state index in [9.17, 15) is 18.0 Å². The van der Waals surface area contributed by atoms with Crippen LogP contribution in [0.1, 0.15) is 22.8 Å². The molecular weight excluding hydrogens is 342 g/mol. The molecule has 0 saturated heterocycles. The standard InChI is InChI=1S/C17H19N3O4S/c1-13(21)15-6-3-7-16(9-15)19-17(22)12-20(25(2,23)24)11-14-5-4-8-18-10-14/h3-10H,11-12H2,1-2H3,(H,19,22). The van der Waals surface area contributed by atoms with Gasteiger partial charge in [-0.05, 0) is 30.7 Å². The van der Waals surface area contributed by atoms with Gasteiger partial charge in [-0.2, -0.15) is 4.31 Å². The molecule has 7 nitrogen and oxygen atoms in total. The van der Waals surface area contributed by atoms with E-state index in [4.69, 9.17) is 0 Å². The number of hydrogen-bond acceptors (Lipinski definition) is 5. The zero-order valence-electron chi connectivity index (χ0n) is 14.0. The number of aromatic nitrogens is 1. The van der Waals surface area contributed by atoms with E-state index in [1.165, 1.54) is 6.92 Å². The number of sulfonamides is 1. The highest BCUT2D eigenvalue weighted by Crippen LogP contribution is 2.12. The van der Waals surface area contributed by atoms with Gasteiger partial charge >= 0.3 is 0 Å². The molecule has 0 aliphatic carbocycles. The number of anilines is 1. The van der Waals surface area contributed by atoms with Crippen LogP contribution in [0.25, 0.3) is 0 Å². The molecule has 0 fully saturated rings. The summed E-state index contributed by atoms with van der Waals surface area (Å²) in [5.41, 5.74) is 1.58. The minimum atomic E-state index is -3.58. The van der Waals surface area contributed by atoms with Gasteiger partial charge in [0.2, 0.25) is 15.9 Å². The second-order valence-corrected chi connectivity index (χ2v) is 7.56. The molecule has 0 spiro atoms. The molecule has 8 heteroatoms. The third kappa shape index (κ3) is 5.77. The molecule has 1 aromatic carbocycles. The normalized spacial score (nSPS) is 11.3. The lowest BCUT2D eigenvalue weighted by atomic mass is 10.1. The molecule has 1 aromatic heterocycles. The number of benzene rings is 1. The number of carbonyl (C=O) groups excluding carboxylic acids is 2. The van der Waals surface area contributed by atoms with Gasteiger partial charge in [0.1, 0.15) is 0 Å². The average Bonchev–Trinajstić information content (AvgIpc) is 2.54. The highest BCUT2D eigenvalue weighted by atomic mass is 32.2. The van der Waals surface area contributed by atoms with Crippen molar-refractivity contribution in [3.8, 4) is 0 Å². The van der Waals surface area contributed by atoms with Crippen LogP contribution in [-0.4, -0.2) is 42.2 Å². The second kappa shape index (κ2) is 8.00. The van der Waals surface area contributed by atoms with Crippen LogP contribution in [-0.2, 0) is 21.4 Å². The fraction of sp³-hybridized carbons (Fsp3) is 0.235. The number of hydrogen-bond donors (Lipinski definition) is 1.